The van der Waals surface area contributed by atoms with Crippen LogP contribution in [0.4, 0.5) is 0 Å². The maximum Gasteiger partial charge on any atom is 0.326 e. The highest BCUT2D eigenvalue weighted by molar-refractivity contribution is 6.00. The summed E-state index contributed by atoms with van der Waals surface area (Å²) in [4.78, 5) is 125. The number of aliphatic imine (C=N–C) groups is 1. The maximum absolute atomic E-state index is 14.3. The van der Waals surface area contributed by atoms with Gasteiger partial charge in [-0.05, 0) is 70.4 Å². The van der Waals surface area contributed by atoms with E-state index in [9.17, 15) is 53.4 Å². The number of rotatable bonds is 16. The molecule has 1 saturated heterocycles. The van der Waals surface area contributed by atoms with Gasteiger partial charge in [0.2, 0.25) is 35.4 Å². The Labute approximate surface area is 431 Å². The first kappa shape index (κ1) is 60.4. The number of guanidine groups is 1. The van der Waals surface area contributed by atoms with Gasteiger partial charge >= 0.3 is 11.9 Å². The van der Waals surface area contributed by atoms with Gasteiger partial charge < -0.3 is 63.6 Å². The number of carboxylic acid groups (broad SMARTS) is 2. The molecule has 0 spiro atoms. The number of carbonyl (C=O) groups excluding carboxylic acids is 7. The number of carbonyl (C=O) groups is 9. The van der Waals surface area contributed by atoms with Crippen molar-refractivity contribution in [1.29, 1.82) is 0 Å². The zero-order valence-electron chi connectivity index (χ0n) is 42.7. The summed E-state index contributed by atoms with van der Waals surface area (Å²) in [7, 11) is 1.61. The summed E-state index contributed by atoms with van der Waals surface area (Å²) < 4.78 is 5.82. The van der Waals surface area contributed by atoms with E-state index < -0.39 is 115 Å². The Kier molecular flexibility index (Phi) is 25.2. The molecular formula is C52H72N10O12. The van der Waals surface area contributed by atoms with Crippen molar-refractivity contribution in [2.75, 3.05) is 13.7 Å². The van der Waals surface area contributed by atoms with Crippen LogP contribution in [0.3, 0.4) is 0 Å². The number of aliphatic carboxylic acids is 2. The number of hydrogen-bond donors (Lipinski definition) is 11. The van der Waals surface area contributed by atoms with Crippen LogP contribution in [0.1, 0.15) is 84.3 Å². The van der Waals surface area contributed by atoms with Crippen LogP contribution >= 0.6 is 0 Å². The molecule has 1 aliphatic heterocycles. The van der Waals surface area contributed by atoms with Gasteiger partial charge in [0, 0.05) is 26.0 Å². The lowest BCUT2D eigenvalue weighted by atomic mass is 9.94. The van der Waals surface area contributed by atoms with Crippen LogP contribution in [0.2, 0.25) is 0 Å². The van der Waals surface area contributed by atoms with Crippen molar-refractivity contribution >= 4 is 59.2 Å². The number of hydrogen-bond acceptors (Lipinski definition) is 11. The largest absolute Gasteiger partial charge is 0.480 e. The van der Waals surface area contributed by atoms with E-state index in [0.29, 0.717) is 12.0 Å². The maximum atomic E-state index is 14.3. The van der Waals surface area contributed by atoms with E-state index >= 15 is 0 Å². The molecule has 2 aromatic carbocycles. The fourth-order valence-electron chi connectivity index (χ4n) is 7.78. The van der Waals surface area contributed by atoms with Crippen molar-refractivity contribution in [3.8, 4) is 0 Å². The van der Waals surface area contributed by atoms with E-state index in [1.54, 1.807) is 50.4 Å². The third kappa shape index (κ3) is 21.1. The molecule has 1 aliphatic rings. The van der Waals surface area contributed by atoms with Crippen molar-refractivity contribution in [3.05, 3.63) is 107 Å². The monoisotopic (exact) mass is 1030 g/mol. The van der Waals surface area contributed by atoms with Crippen LogP contribution in [0.25, 0.3) is 0 Å². The number of nitrogens with two attached hydrogens (primary N) is 2. The van der Waals surface area contributed by atoms with Gasteiger partial charge in [0.05, 0.1) is 24.5 Å². The molecule has 0 aromatic heterocycles. The molecule has 22 nitrogen and oxygen atoms in total. The highest BCUT2D eigenvalue weighted by Gasteiger charge is 2.34. The molecule has 0 bridgehead atoms. The second-order valence-corrected chi connectivity index (χ2v) is 18.1. The fourth-order valence-corrected chi connectivity index (χ4v) is 7.78. The van der Waals surface area contributed by atoms with E-state index in [-0.39, 0.29) is 55.9 Å². The number of amides is 7. The van der Waals surface area contributed by atoms with Gasteiger partial charge in [0.1, 0.15) is 35.9 Å². The van der Waals surface area contributed by atoms with Gasteiger partial charge in [-0.1, -0.05) is 104 Å². The lowest BCUT2D eigenvalue weighted by Crippen LogP contribution is -2.56. The van der Waals surface area contributed by atoms with E-state index in [1.165, 1.54) is 32.9 Å². The van der Waals surface area contributed by atoms with Crippen molar-refractivity contribution in [2.24, 2.45) is 28.3 Å². The molecule has 1 fully saturated rings. The third-order valence-electron chi connectivity index (χ3n) is 12.1. The van der Waals surface area contributed by atoms with Crippen LogP contribution in [0.15, 0.2) is 101 Å². The minimum absolute atomic E-state index is 0.0237. The van der Waals surface area contributed by atoms with Crippen molar-refractivity contribution in [2.45, 2.75) is 128 Å². The second kappa shape index (κ2) is 30.9. The van der Waals surface area contributed by atoms with Crippen molar-refractivity contribution in [1.82, 2.24) is 37.2 Å². The predicted molar refractivity (Wildman–Crippen MR) is 275 cm³/mol. The number of nitrogens with zero attached hydrogens (tertiary/aromatic N) is 1. The summed E-state index contributed by atoms with van der Waals surface area (Å²) in [6, 6.07) is 9.86. The fraction of sp³-hybridized carbons (Fsp3) is 0.462. The standard InChI is InChI=1S/C52H72N10O12/c1-7-36-47(67)56-33(5)46(66)60-39(23-21-34-15-10-8-11-16-34)49(69)62-41(51(72)73)29-44(64)58-38(19-14-26-55-52(53)54)48(68)59-37(32(4)45(65)61-40(50(70)71)24-25-43(63)57-36)22-20-30(2)27-31(3)42(74-6)28-35-17-12-9-13-18-35/h7-13,15-18,20,22,27,31-33,37-42H,14,19,21,23-26,28-29H2,1-6H3,(H,56,67)(H,57,63)(H,58,64)(H,59,68)(H,60,66)(H,61,65)(H,62,69)(H,70,71)(H,72,73)(H4,53,54,55)/b22-20+,30-27+,36-7+/t31-,32-,33+,37-,38-,39?,40+,41+,42-/m0/s1. The topological polar surface area (TPSA) is 352 Å². The number of ether oxygens (including phenoxy) is 1. The van der Waals surface area contributed by atoms with E-state index in [2.05, 4.69) is 42.2 Å². The second-order valence-electron chi connectivity index (χ2n) is 18.1. The highest BCUT2D eigenvalue weighted by Crippen LogP contribution is 2.18. The molecule has 402 valence electrons. The molecule has 9 atom stereocenters. The quantitative estimate of drug-likeness (QED) is 0.0368. The van der Waals surface area contributed by atoms with Crippen LogP contribution in [-0.2, 0) is 60.7 Å². The van der Waals surface area contributed by atoms with Crippen LogP contribution < -0.4 is 48.7 Å². The van der Waals surface area contributed by atoms with E-state index in [0.717, 1.165) is 11.1 Å². The Morgan fingerprint density at radius 2 is 1.36 bits per heavy atom. The van der Waals surface area contributed by atoms with Gasteiger partial charge in [-0.2, -0.15) is 0 Å². The molecule has 13 N–H and O–H groups in total. The highest BCUT2D eigenvalue weighted by atomic mass is 16.5. The summed E-state index contributed by atoms with van der Waals surface area (Å²) in [5.74, 6) is -10.8. The first-order valence-electron chi connectivity index (χ1n) is 24.4. The first-order valence-corrected chi connectivity index (χ1v) is 24.4. The molecule has 0 radical (unpaired) electrons. The molecule has 1 heterocycles. The van der Waals surface area contributed by atoms with Gasteiger partial charge in [0.15, 0.2) is 5.96 Å². The average molecular weight is 1030 g/mol. The molecule has 2 aromatic rings. The third-order valence-corrected chi connectivity index (χ3v) is 12.1. The number of allylic oxidation sites excluding steroid dienone is 3. The zero-order valence-corrected chi connectivity index (χ0v) is 42.7. The number of benzene rings is 2. The van der Waals surface area contributed by atoms with Crippen LogP contribution in [0, 0.1) is 11.8 Å². The Hall–Kier alpha value is -7.88. The molecule has 22 heteroatoms. The summed E-state index contributed by atoms with van der Waals surface area (Å²) >= 11 is 0. The molecule has 1 unspecified atom stereocenters. The Morgan fingerprint density at radius 1 is 0.770 bits per heavy atom. The van der Waals surface area contributed by atoms with Gasteiger partial charge in [-0.15, -0.1) is 0 Å². The molecule has 7 amide bonds. The van der Waals surface area contributed by atoms with Crippen molar-refractivity contribution in [3.63, 3.8) is 0 Å². The summed E-state index contributed by atoms with van der Waals surface area (Å²) in [6.45, 7) is 7.97. The van der Waals surface area contributed by atoms with E-state index in [4.69, 9.17) is 16.2 Å². The smallest absolute Gasteiger partial charge is 0.326 e. The zero-order chi connectivity index (χ0) is 54.9. The summed E-state index contributed by atoms with van der Waals surface area (Å²) in [5, 5.41) is 37.9. The number of nitrogens with one attached hydrogen (secondary N) is 7. The average Bonchev–Trinajstić information content (AvgIpc) is 3.36. The number of aryl methyl sites for hydroxylation is 1. The van der Waals surface area contributed by atoms with Gasteiger partial charge in [0.25, 0.3) is 5.91 Å². The molecule has 0 saturated carbocycles. The Bertz CT molecular complexity index is 2390. The molecular weight excluding hydrogens is 957 g/mol. The van der Waals surface area contributed by atoms with Gasteiger partial charge in [-0.25, -0.2) is 9.59 Å². The molecule has 3 rings (SSSR count). The Morgan fingerprint density at radius 3 is 1.96 bits per heavy atom. The normalized spacial score (nSPS) is 24.0. The van der Waals surface area contributed by atoms with Crippen LogP contribution in [-0.4, -0.2) is 125 Å². The molecule has 0 aliphatic carbocycles. The van der Waals surface area contributed by atoms with E-state index in [1.807, 2.05) is 43.3 Å². The lowest BCUT2D eigenvalue weighted by molar-refractivity contribution is -0.144. The number of methoxy groups -OCH3 is 1. The van der Waals surface area contributed by atoms with Crippen LogP contribution in [0.5, 0.6) is 0 Å². The minimum Gasteiger partial charge on any atom is -0.480 e. The Balaban J connectivity index is 2.09. The summed E-state index contributed by atoms with van der Waals surface area (Å²) in [6.07, 6.45) is 5.19. The SMILES string of the molecule is C/C=C1/NC(=O)CC[C@H](C(=O)O)NC(=O)[C@@H](C)[C@H](/C=C/C(C)=C/[C@H](C)[C@H](Cc2ccccc2)OC)NC(=O)[C@H](CCCN=C(N)N)NC(=O)C[C@H](C(=O)O)NC(=O)C(CCc2ccccc2)NC(=O)[C@@H](C)NC1=O. The van der Waals surface area contributed by atoms with Crippen molar-refractivity contribution < 1.29 is 58.1 Å². The number of carboxylic acids is 2. The van der Waals surface area contributed by atoms with Gasteiger partial charge in [-0.3, -0.25) is 38.6 Å². The minimum atomic E-state index is -1.87. The summed E-state index contributed by atoms with van der Waals surface area (Å²) in [5.41, 5.74) is 13.3. The predicted octanol–water partition coefficient (Wildman–Crippen LogP) is 1.01. The lowest BCUT2D eigenvalue weighted by Gasteiger charge is -2.27. The molecule has 74 heavy (non-hydrogen) atoms. The first-order chi connectivity index (χ1) is 35.1.